The zero-order valence-corrected chi connectivity index (χ0v) is 9.20. The van der Waals surface area contributed by atoms with Crippen LogP contribution in [0.2, 0.25) is 0 Å². The Labute approximate surface area is 90.9 Å². The number of aromatic nitrogens is 1. The average molecular weight is 206 g/mol. The molecule has 2 rings (SSSR count). The van der Waals surface area contributed by atoms with Gasteiger partial charge in [0.1, 0.15) is 5.82 Å². The zero-order chi connectivity index (χ0) is 10.5. The van der Waals surface area contributed by atoms with E-state index in [2.05, 4.69) is 16.4 Å². The first kappa shape index (κ1) is 10.4. The summed E-state index contributed by atoms with van der Waals surface area (Å²) in [6, 6.07) is 4.10. The van der Waals surface area contributed by atoms with Gasteiger partial charge in [-0.1, -0.05) is 6.07 Å². The van der Waals surface area contributed by atoms with Crippen LogP contribution >= 0.6 is 0 Å². The summed E-state index contributed by atoms with van der Waals surface area (Å²) in [6.45, 7) is 4.83. The molecule has 1 aliphatic heterocycles. The third-order valence-electron chi connectivity index (χ3n) is 2.74. The van der Waals surface area contributed by atoms with Crippen LogP contribution in [-0.4, -0.2) is 24.7 Å². The van der Waals surface area contributed by atoms with E-state index in [1.165, 1.54) is 18.4 Å². The molecule has 1 atom stereocenters. The maximum absolute atomic E-state index is 5.43. The minimum atomic E-state index is 0.641. The molecule has 0 bridgehead atoms. The van der Waals surface area contributed by atoms with Crippen molar-refractivity contribution in [3.05, 3.63) is 23.9 Å². The summed E-state index contributed by atoms with van der Waals surface area (Å²) in [4.78, 5) is 4.31. The van der Waals surface area contributed by atoms with E-state index in [9.17, 15) is 0 Å². The number of rotatable bonds is 3. The third-order valence-corrected chi connectivity index (χ3v) is 2.74. The molecule has 0 amide bonds. The van der Waals surface area contributed by atoms with Crippen molar-refractivity contribution in [2.24, 2.45) is 5.92 Å². The Balaban J connectivity index is 1.79. The standard InChI is InChI=1S/C12H18N2O/c1-10-4-5-12(13-7-10)14-8-11-3-2-6-15-9-11/h4-5,7,11H,2-3,6,8-9H2,1H3,(H,13,14). The molecule has 3 nitrogen and oxygen atoms in total. The van der Waals surface area contributed by atoms with Crippen molar-refractivity contribution in [1.82, 2.24) is 4.98 Å². The van der Waals surface area contributed by atoms with E-state index < -0.39 is 0 Å². The van der Waals surface area contributed by atoms with E-state index in [-0.39, 0.29) is 0 Å². The van der Waals surface area contributed by atoms with Crippen LogP contribution in [0.4, 0.5) is 5.82 Å². The lowest BCUT2D eigenvalue weighted by Crippen LogP contribution is -2.24. The second-order valence-electron chi connectivity index (χ2n) is 4.18. The first-order valence-electron chi connectivity index (χ1n) is 5.59. The first-order chi connectivity index (χ1) is 7.34. The van der Waals surface area contributed by atoms with Crippen LogP contribution in [0.3, 0.4) is 0 Å². The number of aryl methyl sites for hydroxylation is 1. The van der Waals surface area contributed by atoms with Gasteiger partial charge in [-0.3, -0.25) is 0 Å². The maximum Gasteiger partial charge on any atom is 0.125 e. The first-order valence-corrected chi connectivity index (χ1v) is 5.59. The number of hydrogen-bond acceptors (Lipinski definition) is 3. The number of nitrogens with zero attached hydrogens (tertiary/aromatic N) is 1. The topological polar surface area (TPSA) is 34.1 Å². The molecule has 1 aromatic rings. The molecule has 1 fully saturated rings. The number of ether oxygens (including phenoxy) is 1. The summed E-state index contributed by atoms with van der Waals surface area (Å²) in [6.07, 6.45) is 4.34. The van der Waals surface area contributed by atoms with Gasteiger partial charge in [0.25, 0.3) is 0 Å². The molecule has 82 valence electrons. The van der Waals surface area contributed by atoms with Crippen molar-refractivity contribution in [2.75, 3.05) is 25.1 Å². The maximum atomic E-state index is 5.43. The van der Waals surface area contributed by atoms with Crippen molar-refractivity contribution in [3.63, 3.8) is 0 Å². The monoisotopic (exact) mass is 206 g/mol. The molecule has 0 aliphatic carbocycles. The zero-order valence-electron chi connectivity index (χ0n) is 9.20. The summed E-state index contributed by atoms with van der Waals surface area (Å²) in [5, 5.41) is 3.35. The van der Waals surface area contributed by atoms with Gasteiger partial charge in [-0.25, -0.2) is 4.98 Å². The lowest BCUT2D eigenvalue weighted by Gasteiger charge is -2.22. The minimum Gasteiger partial charge on any atom is -0.381 e. The molecule has 1 N–H and O–H groups in total. The summed E-state index contributed by atoms with van der Waals surface area (Å²) in [5.74, 6) is 1.60. The van der Waals surface area contributed by atoms with Gasteiger partial charge >= 0.3 is 0 Å². The molecule has 1 unspecified atom stereocenters. The Morgan fingerprint density at radius 3 is 3.13 bits per heavy atom. The van der Waals surface area contributed by atoms with Crippen LogP contribution in [0.25, 0.3) is 0 Å². The van der Waals surface area contributed by atoms with Gasteiger partial charge < -0.3 is 10.1 Å². The number of hydrogen-bond donors (Lipinski definition) is 1. The second kappa shape index (κ2) is 5.12. The highest BCUT2D eigenvalue weighted by atomic mass is 16.5. The molecule has 0 aromatic carbocycles. The van der Waals surface area contributed by atoms with Crippen molar-refractivity contribution in [1.29, 1.82) is 0 Å². The quantitative estimate of drug-likeness (QED) is 0.823. The Kier molecular flexibility index (Phi) is 3.56. The van der Waals surface area contributed by atoms with Crippen molar-refractivity contribution >= 4 is 5.82 Å². The summed E-state index contributed by atoms with van der Waals surface area (Å²) in [7, 11) is 0. The molecule has 0 saturated carbocycles. The van der Waals surface area contributed by atoms with Gasteiger partial charge in [0.05, 0.1) is 6.61 Å². The van der Waals surface area contributed by atoms with Crippen LogP contribution in [-0.2, 0) is 4.74 Å². The van der Waals surface area contributed by atoms with E-state index in [1.54, 1.807) is 0 Å². The molecule has 1 aliphatic rings. The van der Waals surface area contributed by atoms with Crippen molar-refractivity contribution in [2.45, 2.75) is 19.8 Å². The predicted octanol–water partition coefficient (Wildman–Crippen LogP) is 2.23. The second-order valence-corrected chi connectivity index (χ2v) is 4.18. The molecule has 15 heavy (non-hydrogen) atoms. The van der Waals surface area contributed by atoms with Crippen LogP contribution in [0, 0.1) is 12.8 Å². The van der Waals surface area contributed by atoms with Crippen LogP contribution in [0.15, 0.2) is 18.3 Å². The fourth-order valence-corrected chi connectivity index (χ4v) is 1.79. The van der Waals surface area contributed by atoms with Gasteiger partial charge in [0, 0.05) is 19.3 Å². The van der Waals surface area contributed by atoms with Crippen molar-refractivity contribution in [3.8, 4) is 0 Å². The van der Waals surface area contributed by atoms with Crippen molar-refractivity contribution < 1.29 is 4.74 Å². The van der Waals surface area contributed by atoms with E-state index in [0.29, 0.717) is 5.92 Å². The average Bonchev–Trinajstić information content (AvgIpc) is 2.30. The van der Waals surface area contributed by atoms with Gasteiger partial charge in [0.15, 0.2) is 0 Å². The molecule has 1 saturated heterocycles. The molecule has 3 heteroatoms. The number of pyridine rings is 1. The van der Waals surface area contributed by atoms with E-state index in [1.807, 2.05) is 19.2 Å². The lowest BCUT2D eigenvalue weighted by atomic mass is 10.0. The molecule has 0 radical (unpaired) electrons. The summed E-state index contributed by atoms with van der Waals surface area (Å²) in [5.41, 5.74) is 1.20. The molecule has 2 heterocycles. The van der Waals surface area contributed by atoms with Crippen LogP contribution < -0.4 is 5.32 Å². The number of nitrogens with one attached hydrogen (secondary N) is 1. The van der Waals surface area contributed by atoms with Gasteiger partial charge in [-0.05, 0) is 37.3 Å². The van der Waals surface area contributed by atoms with Gasteiger partial charge in [0.2, 0.25) is 0 Å². The largest absolute Gasteiger partial charge is 0.381 e. The Morgan fingerprint density at radius 2 is 2.47 bits per heavy atom. The van der Waals surface area contributed by atoms with E-state index in [4.69, 9.17) is 4.74 Å². The van der Waals surface area contributed by atoms with Crippen LogP contribution in [0.5, 0.6) is 0 Å². The van der Waals surface area contributed by atoms with Gasteiger partial charge in [-0.15, -0.1) is 0 Å². The molecular weight excluding hydrogens is 188 g/mol. The third kappa shape index (κ3) is 3.20. The highest BCUT2D eigenvalue weighted by Gasteiger charge is 2.13. The Morgan fingerprint density at radius 1 is 1.53 bits per heavy atom. The highest BCUT2D eigenvalue weighted by Crippen LogP contribution is 2.14. The smallest absolute Gasteiger partial charge is 0.125 e. The highest BCUT2D eigenvalue weighted by molar-refractivity contribution is 5.35. The SMILES string of the molecule is Cc1ccc(NCC2CCCOC2)nc1. The summed E-state index contributed by atoms with van der Waals surface area (Å²) >= 11 is 0. The fourth-order valence-electron chi connectivity index (χ4n) is 1.79. The number of anilines is 1. The lowest BCUT2D eigenvalue weighted by molar-refractivity contribution is 0.0595. The van der Waals surface area contributed by atoms with E-state index >= 15 is 0 Å². The normalized spacial score (nSPS) is 21.3. The molecule has 1 aromatic heterocycles. The molecular formula is C12H18N2O. The molecule has 0 spiro atoms. The van der Waals surface area contributed by atoms with Gasteiger partial charge in [-0.2, -0.15) is 0 Å². The van der Waals surface area contributed by atoms with E-state index in [0.717, 1.165) is 25.6 Å². The minimum absolute atomic E-state index is 0.641. The summed E-state index contributed by atoms with van der Waals surface area (Å²) < 4.78 is 5.43. The fraction of sp³-hybridized carbons (Fsp3) is 0.583. The Hall–Kier alpha value is -1.09. The van der Waals surface area contributed by atoms with Crippen LogP contribution in [0.1, 0.15) is 18.4 Å². The predicted molar refractivity (Wildman–Crippen MR) is 61.0 cm³/mol. The Bertz CT molecular complexity index is 291.